The van der Waals surface area contributed by atoms with Crippen molar-refractivity contribution in [2.75, 3.05) is 19.6 Å². The van der Waals surface area contributed by atoms with Gasteiger partial charge in [0.15, 0.2) is 0 Å². The summed E-state index contributed by atoms with van der Waals surface area (Å²) in [7, 11) is 0. The van der Waals surface area contributed by atoms with E-state index in [0.717, 1.165) is 24.9 Å². The molecule has 1 saturated heterocycles. The Labute approximate surface area is 129 Å². The molecule has 1 aliphatic heterocycles. The second kappa shape index (κ2) is 6.08. The van der Waals surface area contributed by atoms with Crippen molar-refractivity contribution in [3.8, 4) is 0 Å². The molecule has 2 aromatic rings. The van der Waals surface area contributed by atoms with Crippen LogP contribution >= 0.6 is 11.6 Å². The standard InChI is InChI=1S/C16H19ClN2O2/c1-2-19-6-3-4-13(19)10-18-16(20)14-9-12(17)8-11-5-7-21-15(11)14/h5,7-9,13H,2-4,6,10H2,1H3,(H,18,20). The average Bonchev–Trinajstić information content (AvgIpc) is 3.11. The van der Waals surface area contributed by atoms with Gasteiger partial charge in [-0.3, -0.25) is 9.69 Å². The topological polar surface area (TPSA) is 45.5 Å². The molecular formula is C16H19ClN2O2. The first-order chi connectivity index (χ1) is 10.2. The average molecular weight is 307 g/mol. The molecule has 4 nitrogen and oxygen atoms in total. The Bertz CT molecular complexity index is 653. The van der Waals surface area contributed by atoms with Gasteiger partial charge in [0.1, 0.15) is 5.58 Å². The van der Waals surface area contributed by atoms with E-state index in [1.165, 1.54) is 6.42 Å². The fraction of sp³-hybridized carbons (Fsp3) is 0.438. The second-order valence-electron chi connectivity index (χ2n) is 5.43. The molecule has 2 heterocycles. The van der Waals surface area contributed by atoms with Gasteiger partial charge in [-0.2, -0.15) is 0 Å². The van der Waals surface area contributed by atoms with E-state index in [2.05, 4.69) is 17.1 Å². The minimum atomic E-state index is -0.125. The van der Waals surface area contributed by atoms with Crippen molar-refractivity contribution < 1.29 is 9.21 Å². The summed E-state index contributed by atoms with van der Waals surface area (Å²) in [6.45, 7) is 4.97. The molecule has 1 atom stereocenters. The lowest BCUT2D eigenvalue weighted by Gasteiger charge is -2.22. The molecule has 1 aromatic heterocycles. The van der Waals surface area contributed by atoms with E-state index in [1.54, 1.807) is 18.4 Å². The third-order valence-corrected chi connectivity index (χ3v) is 4.38. The van der Waals surface area contributed by atoms with E-state index in [0.29, 0.717) is 28.8 Å². The number of benzene rings is 1. The first-order valence-corrected chi connectivity index (χ1v) is 7.76. The molecule has 21 heavy (non-hydrogen) atoms. The largest absolute Gasteiger partial charge is 0.464 e. The van der Waals surface area contributed by atoms with Crippen LogP contribution in [0.4, 0.5) is 0 Å². The van der Waals surface area contributed by atoms with Crippen LogP contribution in [0.5, 0.6) is 0 Å². The van der Waals surface area contributed by atoms with Crippen molar-refractivity contribution in [1.82, 2.24) is 10.2 Å². The first-order valence-electron chi connectivity index (χ1n) is 7.38. The van der Waals surface area contributed by atoms with E-state index in [1.807, 2.05) is 6.07 Å². The van der Waals surface area contributed by atoms with Gasteiger partial charge in [-0.1, -0.05) is 18.5 Å². The zero-order valence-electron chi connectivity index (χ0n) is 12.1. The van der Waals surface area contributed by atoms with Gasteiger partial charge in [-0.05, 0) is 44.1 Å². The Morgan fingerprint density at radius 2 is 2.38 bits per heavy atom. The van der Waals surface area contributed by atoms with Gasteiger partial charge in [0, 0.05) is 23.0 Å². The molecule has 1 unspecified atom stereocenters. The highest BCUT2D eigenvalue weighted by Crippen LogP contribution is 2.25. The van der Waals surface area contributed by atoms with E-state index in [9.17, 15) is 4.79 Å². The van der Waals surface area contributed by atoms with Crippen LogP contribution in [0.25, 0.3) is 11.0 Å². The number of rotatable bonds is 4. The Morgan fingerprint density at radius 1 is 1.52 bits per heavy atom. The van der Waals surface area contributed by atoms with Crippen molar-refractivity contribution in [1.29, 1.82) is 0 Å². The van der Waals surface area contributed by atoms with Gasteiger partial charge < -0.3 is 9.73 Å². The summed E-state index contributed by atoms with van der Waals surface area (Å²) in [5, 5.41) is 4.41. The Kier molecular flexibility index (Phi) is 4.17. The van der Waals surface area contributed by atoms with Gasteiger partial charge >= 0.3 is 0 Å². The maximum atomic E-state index is 12.4. The van der Waals surface area contributed by atoms with Gasteiger partial charge in [-0.15, -0.1) is 0 Å². The normalized spacial score (nSPS) is 19.2. The molecule has 3 rings (SSSR count). The van der Waals surface area contributed by atoms with Crippen LogP contribution in [0.1, 0.15) is 30.1 Å². The predicted molar refractivity (Wildman–Crippen MR) is 83.8 cm³/mol. The van der Waals surface area contributed by atoms with Crippen LogP contribution in [-0.4, -0.2) is 36.5 Å². The number of hydrogen-bond acceptors (Lipinski definition) is 3. The number of halogens is 1. The van der Waals surface area contributed by atoms with E-state index < -0.39 is 0 Å². The fourth-order valence-electron chi connectivity index (χ4n) is 3.06. The minimum absolute atomic E-state index is 0.125. The van der Waals surface area contributed by atoms with Crippen molar-refractivity contribution in [3.05, 3.63) is 35.0 Å². The van der Waals surface area contributed by atoms with Gasteiger partial charge in [-0.25, -0.2) is 0 Å². The lowest BCUT2D eigenvalue weighted by atomic mass is 10.1. The lowest BCUT2D eigenvalue weighted by molar-refractivity contribution is 0.0942. The van der Waals surface area contributed by atoms with Crippen LogP contribution in [0.15, 0.2) is 28.9 Å². The van der Waals surface area contributed by atoms with E-state index in [-0.39, 0.29) is 5.91 Å². The number of hydrogen-bond donors (Lipinski definition) is 1. The predicted octanol–water partition coefficient (Wildman–Crippen LogP) is 3.30. The highest BCUT2D eigenvalue weighted by Gasteiger charge is 2.24. The number of furan rings is 1. The zero-order valence-corrected chi connectivity index (χ0v) is 12.8. The number of likely N-dealkylation sites (N-methyl/N-ethyl adjacent to an activating group) is 1. The maximum absolute atomic E-state index is 12.4. The molecule has 5 heteroatoms. The van der Waals surface area contributed by atoms with Crippen LogP contribution in [0.2, 0.25) is 5.02 Å². The molecule has 1 fully saturated rings. The van der Waals surface area contributed by atoms with Crippen LogP contribution in [0.3, 0.4) is 0 Å². The molecule has 1 aliphatic rings. The number of amides is 1. The molecule has 1 amide bonds. The smallest absolute Gasteiger partial charge is 0.255 e. The monoisotopic (exact) mass is 306 g/mol. The summed E-state index contributed by atoms with van der Waals surface area (Å²) in [6.07, 6.45) is 3.92. The molecule has 112 valence electrons. The number of fused-ring (bicyclic) bond motifs is 1. The number of nitrogens with one attached hydrogen (secondary N) is 1. The number of carbonyl (C=O) groups is 1. The molecule has 0 aliphatic carbocycles. The molecule has 0 radical (unpaired) electrons. The van der Waals surface area contributed by atoms with Crippen molar-refractivity contribution in [2.24, 2.45) is 0 Å². The number of nitrogens with zero attached hydrogens (tertiary/aromatic N) is 1. The SMILES string of the molecule is CCN1CCCC1CNC(=O)c1cc(Cl)cc2ccoc12. The summed E-state index contributed by atoms with van der Waals surface area (Å²) in [5.74, 6) is -0.125. The van der Waals surface area contributed by atoms with Crippen LogP contribution in [-0.2, 0) is 0 Å². The summed E-state index contributed by atoms with van der Waals surface area (Å²) in [4.78, 5) is 14.8. The molecule has 1 aromatic carbocycles. The third kappa shape index (κ3) is 2.92. The van der Waals surface area contributed by atoms with E-state index >= 15 is 0 Å². The van der Waals surface area contributed by atoms with Crippen LogP contribution in [0, 0.1) is 0 Å². The summed E-state index contributed by atoms with van der Waals surface area (Å²) >= 11 is 6.07. The first kappa shape index (κ1) is 14.4. The van der Waals surface area contributed by atoms with Gasteiger partial charge in [0.05, 0.1) is 11.8 Å². The van der Waals surface area contributed by atoms with Gasteiger partial charge in [0.2, 0.25) is 0 Å². The third-order valence-electron chi connectivity index (χ3n) is 4.16. The number of carbonyl (C=O) groups excluding carboxylic acids is 1. The summed E-state index contributed by atoms with van der Waals surface area (Å²) in [6, 6.07) is 5.71. The lowest BCUT2D eigenvalue weighted by Crippen LogP contribution is -2.40. The van der Waals surface area contributed by atoms with Crippen molar-refractivity contribution in [2.45, 2.75) is 25.8 Å². The summed E-state index contributed by atoms with van der Waals surface area (Å²) < 4.78 is 5.41. The maximum Gasteiger partial charge on any atom is 0.255 e. The molecule has 0 bridgehead atoms. The highest BCUT2D eigenvalue weighted by atomic mass is 35.5. The Morgan fingerprint density at radius 3 is 3.19 bits per heavy atom. The molecule has 1 N–H and O–H groups in total. The second-order valence-corrected chi connectivity index (χ2v) is 5.86. The van der Waals surface area contributed by atoms with E-state index in [4.69, 9.17) is 16.0 Å². The molecule has 0 spiro atoms. The van der Waals surface area contributed by atoms with Crippen molar-refractivity contribution in [3.63, 3.8) is 0 Å². The number of likely N-dealkylation sites (tertiary alicyclic amines) is 1. The Balaban J connectivity index is 1.74. The molecule has 0 saturated carbocycles. The highest BCUT2D eigenvalue weighted by molar-refractivity contribution is 6.32. The van der Waals surface area contributed by atoms with Crippen molar-refractivity contribution >= 4 is 28.5 Å². The zero-order chi connectivity index (χ0) is 14.8. The summed E-state index contributed by atoms with van der Waals surface area (Å²) in [5.41, 5.74) is 1.10. The van der Waals surface area contributed by atoms with Gasteiger partial charge in [0.25, 0.3) is 5.91 Å². The Hall–Kier alpha value is -1.52. The fourth-order valence-corrected chi connectivity index (χ4v) is 3.29. The van der Waals surface area contributed by atoms with Crippen LogP contribution < -0.4 is 5.32 Å². The quantitative estimate of drug-likeness (QED) is 0.942. The molecular weight excluding hydrogens is 288 g/mol. The minimum Gasteiger partial charge on any atom is -0.464 e.